The third kappa shape index (κ3) is 3.59. The number of benzene rings is 3. The van der Waals surface area contributed by atoms with E-state index in [4.69, 9.17) is 11.6 Å². The van der Waals surface area contributed by atoms with Crippen LogP contribution < -0.4 is 0 Å². The summed E-state index contributed by atoms with van der Waals surface area (Å²) in [5.74, 6) is -2.41. The maximum Gasteiger partial charge on any atom is 0.280 e. The van der Waals surface area contributed by atoms with Gasteiger partial charge in [0.25, 0.3) is 17.7 Å². The van der Waals surface area contributed by atoms with Crippen LogP contribution in [0.5, 0.6) is 0 Å². The first-order valence-corrected chi connectivity index (χ1v) is 10.5. The Morgan fingerprint density at radius 2 is 1.38 bits per heavy atom. The van der Waals surface area contributed by atoms with Crippen LogP contribution in [0.4, 0.5) is 0 Å². The molecule has 32 heavy (non-hydrogen) atoms. The highest BCUT2D eigenvalue weighted by Gasteiger charge is 2.45. The monoisotopic (exact) mass is 446 g/mol. The molecule has 0 bridgehead atoms. The van der Waals surface area contributed by atoms with Crippen molar-refractivity contribution in [3.63, 3.8) is 0 Å². The van der Waals surface area contributed by atoms with Crippen LogP contribution in [0.15, 0.2) is 78.9 Å². The summed E-state index contributed by atoms with van der Waals surface area (Å²) in [5, 5.41) is 1.88. The quantitative estimate of drug-likeness (QED) is 0.408. The van der Waals surface area contributed by atoms with E-state index < -0.39 is 23.8 Å². The number of fused-ring (bicyclic) bond motifs is 1. The molecule has 3 amide bonds. The van der Waals surface area contributed by atoms with Gasteiger partial charge in [-0.25, -0.2) is 5.01 Å². The topological polar surface area (TPSA) is 74.8 Å². The molecule has 160 valence electrons. The molecule has 4 rings (SSSR count). The molecular weight excluding hydrogens is 428 g/mol. The molecule has 0 unspecified atom stereocenters. The summed E-state index contributed by atoms with van der Waals surface area (Å²) < 4.78 is 0. The fourth-order valence-corrected chi connectivity index (χ4v) is 3.98. The number of carbonyl (C=O) groups excluding carboxylic acids is 4. The number of ketones is 1. The van der Waals surface area contributed by atoms with Crippen molar-refractivity contribution in [3.8, 4) is 0 Å². The van der Waals surface area contributed by atoms with E-state index in [0.29, 0.717) is 5.56 Å². The minimum Gasteiger partial charge on any atom is -0.292 e. The van der Waals surface area contributed by atoms with Crippen LogP contribution in [0.3, 0.4) is 0 Å². The van der Waals surface area contributed by atoms with Crippen molar-refractivity contribution < 1.29 is 19.2 Å². The molecule has 0 saturated heterocycles. The maximum atomic E-state index is 13.7. The molecule has 1 atom stereocenters. The minimum atomic E-state index is -1.09. The van der Waals surface area contributed by atoms with Crippen molar-refractivity contribution in [3.05, 3.63) is 106 Å². The first-order chi connectivity index (χ1) is 15.5. The molecule has 0 radical (unpaired) electrons. The van der Waals surface area contributed by atoms with Gasteiger partial charge in [0.05, 0.1) is 21.7 Å². The maximum absolute atomic E-state index is 13.7. The van der Waals surface area contributed by atoms with Crippen LogP contribution >= 0.6 is 11.6 Å². The first kappa shape index (κ1) is 21.5. The van der Waals surface area contributed by atoms with Crippen LogP contribution in [-0.4, -0.2) is 39.6 Å². The summed E-state index contributed by atoms with van der Waals surface area (Å²) >= 11 is 6.26. The molecule has 3 aromatic carbocycles. The van der Waals surface area contributed by atoms with Gasteiger partial charge in [0.15, 0.2) is 5.78 Å². The number of imide groups is 1. The van der Waals surface area contributed by atoms with E-state index in [1.54, 1.807) is 61.5 Å². The van der Waals surface area contributed by atoms with Gasteiger partial charge in [-0.1, -0.05) is 73.1 Å². The largest absolute Gasteiger partial charge is 0.292 e. The predicted octanol–water partition coefficient (Wildman–Crippen LogP) is 4.65. The van der Waals surface area contributed by atoms with E-state index in [1.807, 2.05) is 0 Å². The lowest BCUT2D eigenvalue weighted by atomic mass is 10.0. The Morgan fingerprint density at radius 1 is 0.844 bits per heavy atom. The van der Waals surface area contributed by atoms with Crippen LogP contribution in [0, 0.1) is 0 Å². The summed E-state index contributed by atoms with van der Waals surface area (Å²) in [5.41, 5.74) is 0.811. The molecular formula is C25H19ClN2O4. The smallest absolute Gasteiger partial charge is 0.280 e. The zero-order valence-corrected chi connectivity index (χ0v) is 18.0. The summed E-state index contributed by atoms with van der Waals surface area (Å²) in [7, 11) is 0. The Bertz CT molecular complexity index is 1190. The van der Waals surface area contributed by atoms with Gasteiger partial charge in [-0.2, -0.15) is 5.01 Å². The standard InChI is InChI=1S/C25H19ClN2O4/c1-2-21(22(29)16-10-4-3-5-11-16)27(25(32)19-14-8-9-15-20(19)26)28-23(30)17-12-6-7-13-18(17)24(28)31/h3-15,21H,2H2,1H3/t21-/m1/s1. The molecule has 0 aromatic heterocycles. The molecule has 1 heterocycles. The van der Waals surface area contributed by atoms with Crippen molar-refractivity contribution in [2.45, 2.75) is 19.4 Å². The highest BCUT2D eigenvalue weighted by atomic mass is 35.5. The van der Waals surface area contributed by atoms with Crippen LogP contribution in [0.25, 0.3) is 0 Å². The average Bonchev–Trinajstić information content (AvgIpc) is 3.07. The zero-order valence-electron chi connectivity index (χ0n) is 17.2. The lowest BCUT2D eigenvalue weighted by molar-refractivity contribution is -0.00970. The van der Waals surface area contributed by atoms with E-state index in [1.165, 1.54) is 24.3 Å². The lowest BCUT2D eigenvalue weighted by Crippen LogP contribution is -2.57. The number of Topliss-reactive ketones (excluding diaryl/α,β-unsaturated/α-hetero) is 1. The Balaban J connectivity index is 1.85. The second kappa shape index (κ2) is 8.77. The molecule has 7 heteroatoms. The number of carbonyl (C=O) groups is 4. The number of hydrazine groups is 1. The summed E-state index contributed by atoms with van der Waals surface area (Å²) in [6.45, 7) is 1.72. The first-order valence-electron chi connectivity index (χ1n) is 10.1. The highest BCUT2D eigenvalue weighted by Crippen LogP contribution is 2.29. The van der Waals surface area contributed by atoms with Crippen LogP contribution in [0.1, 0.15) is 54.8 Å². The van der Waals surface area contributed by atoms with E-state index in [0.717, 1.165) is 10.0 Å². The molecule has 0 saturated carbocycles. The Labute approximate surface area is 190 Å². The van der Waals surface area contributed by atoms with E-state index in [9.17, 15) is 19.2 Å². The fourth-order valence-electron chi connectivity index (χ4n) is 3.77. The van der Waals surface area contributed by atoms with Gasteiger partial charge in [-0.05, 0) is 30.7 Å². The molecule has 0 aliphatic carbocycles. The SMILES string of the molecule is CC[C@H](C(=O)c1ccccc1)N(C(=O)c1ccccc1Cl)N1C(=O)c2ccccc2C1=O. The third-order valence-electron chi connectivity index (χ3n) is 5.34. The molecule has 0 spiro atoms. The zero-order chi connectivity index (χ0) is 22.8. The van der Waals surface area contributed by atoms with E-state index in [-0.39, 0.29) is 33.9 Å². The number of hydrogen-bond donors (Lipinski definition) is 0. The Morgan fingerprint density at radius 3 is 1.94 bits per heavy atom. The van der Waals surface area contributed by atoms with Gasteiger partial charge in [0.2, 0.25) is 0 Å². The third-order valence-corrected chi connectivity index (χ3v) is 5.67. The number of nitrogens with zero attached hydrogens (tertiary/aromatic N) is 2. The normalized spacial score (nSPS) is 13.6. The molecule has 3 aromatic rings. The van der Waals surface area contributed by atoms with E-state index in [2.05, 4.69) is 0 Å². The van der Waals surface area contributed by atoms with Crippen LogP contribution in [-0.2, 0) is 0 Å². The van der Waals surface area contributed by atoms with Gasteiger partial charge < -0.3 is 0 Å². The van der Waals surface area contributed by atoms with Crippen molar-refractivity contribution in [1.29, 1.82) is 0 Å². The number of rotatable bonds is 6. The van der Waals surface area contributed by atoms with Gasteiger partial charge in [-0.3, -0.25) is 19.2 Å². The van der Waals surface area contributed by atoms with Gasteiger partial charge in [0, 0.05) is 5.56 Å². The van der Waals surface area contributed by atoms with Gasteiger partial charge in [-0.15, -0.1) is 0 Å². The molecule has 0 fully saturated rings. The molecule has 1 aliphatic heterocycles. The second-order valence-corrected chi connectivity index (χ2v) is 7.66. The van der Waals surface area contributed by atoms with E-state index >= 15 is 0 Å². The van der Waals surface area contributed by atoms with Gasteiger partial charge >= 0.3 is 0 Å². The average molecular weight is 447 g/mol. The number of amides is 3. The Kier molecular flexibility index (Phi) is 5.88. The molecule has 1 aliphatic rings. The minimum absolute atomic E-state index is 0.0880. The molecule has 0 N–H and O–H groups in total. The number of halogens is 1. The van der Waals surface area contributed by atoms with Crippen molar-refractivity contribution in [2.75, 3.05) is 0 Å². The summed E-state index contributed by atoms with van der Waals surface area (Å²) in [4.78, 5) is 53.5. The van der Waals surface area contributed by atoms with Crippen molar-refractivity contribution >= 4 is 35.1 Å². The van der Waals surface area contributed by atoms with Crippen molar-refractivity contribution in [2.24, 2.45) is 0 Å². The summed E-state index contributed by atoms with van der Waals surface area (Å²) in [6, 6.07) is 20.0. The molecule has 6 nitrogen and oxygen atoms in total. The number of hydrogen-bond acceptors (Lipinski definition) is 4. The fraction of sp³-hybridized carbons (Fsp3) is 0.120. The predicted molar refractivity (Wildman–Crippen MR) is 119 cm³/mol. The lowest BCUT2D eigenvalue weighted by Gasteiger charge is -2.35. The van der Waals surface area contributed by atoms with Crippen LogP contribution in [0.2, 0.25) is 5.02 Å². The highest BCUT2D eigenvalue weighted by molar-refractivity contribution is 6.34. The summed E-state index contributed by atoms with van der Waals surface area (Å²) in [6.07, 6.45) is 0.178. The Hall–Kier alpha value is -3.77. The van der Waals surface area contributed by atoms with Gasteiger partial charge in [0.1, 0.15) is 6.04 Å². The second-order valence-electron chi connectivity index (χ2n) is 7.25. The van der Waals surface area contributed by atoms with Crippen molar-refractivity contribution in [1.82, 2.24) is 10.0 Å².